The summed E-state index contributed by atoms with van der Waals surface area (Å²) in [4.78, 5) is 8.51. The lowest BCUT2D eigenvalue weighted by Crippen LogP contribution is -2.43. The zero-order chi connectivity index (χ0) is 13.8. The van der Waals surface area contributed by atoms with E-state index in [9.17, 15) is 0 Å². The van der Waals surface area contributed by atoms with Crippen molar-refractivity contribution in [2.24, 2.45) is 10.7 Å². The van der Waals surface area contributed by atoms with Gasteiger partial charge < -0.3 is 11.1 Å². The Balaban J connectivity index is 1.61. The molecule has 3 N–H and O–H groups in total. The molecule has 0 spiro atoms. The van der Waals surface area contributed by atoms with E-state index < -0.39 is 0 Å². The summed E-state index contributed by atoms with van der Waals surface area (Å²) in [6.45, 7) is 0.394. The molecule has 0 atom stereocenters. The number of guanidine groups is 1. The smallest absolute Gasteiger partial charge is 0.189 e. The van der Waals surface area contributed by atoms with Crippen LogP contribution in [0.2, 0.25) is 0 Å². The van der Waals surface area contributed by atoms with Gasteiger partial charge in [0.05, 0.1) is 5.69 Å². The highest BCUT2D eigenvalue weighted by molar-refractivity contribution is 5.78. The summed E-state index contributed by atoms with van der Waals surface area (Å²) in [6, 6.07) is 10.4. The highest BCUT2D eigenvalue weighted by Crippen LogP contribution is 2.17. The summed E-state index contributed by atoms with van der Waals surface area (Å²) >= 11 is 0. The molecule has 104 valence electrons. The monoisotopic (exact) mass is 270 g/mol. The van der Waals surface area contributed by atoms with Gasteiger partial charge in [0, 0.05) is 6.04 Å². The molecule has 1 aromatic heterocycles. The maximum atomic E-state index is 5.83. The summed E-state index contributed by atoms with van der Waals surface area (Å²) in [5.74, 6) is 1.14. The molecule has 1 aliphatic carbocycles. The van der Waals surface area contributed by atoms with Gasteiger partial charge in [0.2, 0.25) is 0 Å². The molecule has 3 rings (SSSR count). The number of hydrogen-bond donors (Lipinski definition) is 2. The SMILES string of the molecule is NC(=NCc1ncn(-c2ccccc2)n1)NC1CCC1. The van der Waals surface area contributed by atoms with Crippen LogP contribution in [0.1, 0.15) is 25.1 Å². The first kappa shape index (κ1) is 12.7. The third kappa shape index (κ3) is 2.96. The van der Waals surface area contributed by atoms with Gasteiger partial charge in [-0.05, 0) is 31.4 Å². The predicted molar refractivity (Wildman–Crippen MR) is 77.5 cm³/mol. The standard InChI is InChI=1S/C14H18N6/c15-14(18-11-5-4-6-11)16-9-13-17-10-20(19-13)12-7-2-1-3-8-12/h1-3,7-8,10-11H,4-6,9H2,(H3,15,16,18). The minimum absolute atomic E-state index is 0.394. The second kappa shape index (κ2) is 5.73. The molecule has 6 nitrogen and oxygen atoms in total. The number of nitrogens with one attached hydrogen (secondary N) is 1. The van der Waals surface area contributed by atoms with Crippen molar-refractivity contribution in [3.05, 3.63) is 42.5 Å². The number of benzene rings is 1. The molecular formula is C14H18N6. The van der Waals surface area contributed by atoms with Crippen LogP contribution in [0.25, 0.3) is 5.69 Å². The van der Waals surface area contributed by atoms with Gasteiger partial charge in [0.15, 0.2) is 11.8 Å². The van der Waals surface area contributed by atoms with E-state index in [1.807, 2.05) is 30.3 Å². The van der Waals surface area contributed by atoms with Crippen molar-refractivity contribution in [2.45, 2.75) is 31.8 Å². The molecule has 0 radical (unpaired) electrons. The highest BCUT2D eigenvalue weighted by Gasteiger charge is 2.17. The molecule has 0 amide bonds. The molecule has 1 fully saturated rings. The van der Waals surface area contributed by atoms with Crippen LogP contribution in [-0.4, -0.2) is 26.8 Å². The molecule has 20 heavy (non-hydrogen) atoms. The molecule has 0 aliphatic heterocycles. The summed E-state index contributed by atoms with van der Waals surface area (Å²) in [5, 5.41) is 7.57. The molecule has 6 heteroatoms. The van der Waals surface area contributed by atoms with E-state index in [1.165, 1.54) is 19.3 Å². The van der Waals surface area contributed by atoms with Crippen LogP contribution in [0, 0.1) is 0 Å². The number of aliphatic imine (C=N–C) groups is 1. The average molecular weight is 270 g/mol. The van der Waals surface area contributed by atoms with E-state index in [4.69, 9.17) is 5.73 Å². The lowest BCUT2D eigenvalue weighted by Gasteiger charge is -2.26. The van der Waals surface area contributed by atoms with E-state index in [-0.39, 0.29) is 0 Å². The number of rotatable bonds is 4. The molecule has 2 aromatic rings. The topological polar surface area (TPSA) is 81.1 Å². The largest absolute Gasteiger partial charge is 0.370 e. The minimum Gasteiger partial charge on any atom is -0.370 e. The molecule has 0 saturated heterocycles. The van der Waals surface area contributed by atoms with Gasteiger partial charge in [-0.1, -0.05) is 18.2 Å². The first-order valence-electron chi connectivity index (χ1n) is 6.84. The number of para-hydroxylation sites is 1. The second-order valence-corrected chi connectivity index (χ2v) is 4.91. The fourth-order valence-corrected chi connectivity index (χ4v) is 2.04. The molecule has 0 unspecified atom stereocenters. The maximum Gasteiger partial charge on any atom is 0.189 e. The third-order valence-corrected chi connectivity index (χ3v) is 3.41. The highest BCUT2D eigenvalue weighted by atomic mass is 15.3. The number of nitrogens with zero attached hydrogens (tertiary/aromatic N) is 4. The quantitative estimate of drug-likeness (QED) is 0.646. The average Bonchev–Trinajstić information content (AvgIpc) is 2.91. The minimum atomic E-state index is 0.394. The van der Waals surface area contributed by atoms with E-state index in [2.05, 4.69) is 20.4 Å². The summed E-state index contributed by atoms with van der Waals surface area (Å²) in [6.07, 6.45) is 5.32. The van der Waals surface area contributed by atoms with Crippen LogP contribution < -0.4 is 11.1 Å². The van der Waals surface area contributed by atoms with Gasteiger partial charge >= 0.3 is 0 Å². The summed E-state index contributed by atoms with van der Waals surface area (Å²) < 4.78 is 1.74. The lowest BCUT2D eigenvalue weighted by molar-refractivity contribution is 0.382. The van der Waals surface area contributed by atoms with E-state index >= 15 is 0 Å². The Morgan fingerprint density at radius 3 is 2.85 bits per heavy atom. The molecular weight excluding hydrogens is 252 g/mol. The Bertz CT molecular complexity index is 585. The Kier molecular flexibility index (Phi) is 3.62. The maximum absolute atomic E-state index is 5.83. The second-order valence-electron chi connectivity index (χ2n) is 4.91. The Hall–Kier alpha value is -2.37. The molecule has 1 heterocycles. The normalized spacial score (nSPS) is 15.9. The van der Waals surface area contributed by atoms with E-state index in [0.29, 0.717) is 24.4 Å². The van der Waals surface area contributed by atoms with Gasteiger partial charge in [-0.3, -0.25) is 0 Å². The Morgan fingerprint density at radius 2 is 2.15 bits per heavy atom. The zero-order valence-corrected chi connectivity index (χ0v) is 11.2. The molecule has 1 aliphatic rings. The van der Waals surface area contributed by atoms with E-state index in [0.717, 1.165) is 5.69 Å². The van der Waals surface area contributed by atoms with Crippen molar-refractivity contribution >= 4 is 5.96 Å². The van der Waals surface area contributed by atoms with Crippen LogP contribution >= 0.6 is 0 Å². The van der Waals surface area contributed by atoms with Gasteiger partial charge in [-0.15, -0.1) is 5.10 Å². The van der Waals surface area contributed by atoms with Crippen LogP contribution in [0.3, 0.4) is 0 Å². The van der Waals surface area contributed by atoms with Crippen molar-refractivity contribution in [1.29, 1.82) is 0 Å². The fourth-order valence-electron chi connectivity index (χ4n) is 2.04. The Morgan fingerprint density at radius 1 is 1.35 bits per heavy atom. The summed E-state index contributed by atoms with van der Waals surface area (Å²) in [7, 11) is 0. The zero-order valence-electron chi connectivity index (χ0n) is 11.2. The van der Waals surface area contributed by atoms with Gasteiger partial charge in [-0.25, -0.2) is 14.7 Å². The first-order chi connectivity index (χ1) is 9.81. The van der Waals surface area contributed by atoms with Crippen LogP contribution in [0.5, 0.6) is 0 Å². The molecule has 0 bridgehead atoms. The van der Waals surface area contributed by atoms with Crippen LogP contribution in [0.15, 0.2) is 41.7 Å². The molecule has 1 saturated carbocycles. The van der Waals surface area contributed by atoms with E-state index in [1.54, 1.807) is 11.0 Å². The van der Waals surface area contributed by atoms with Gasteiger partial charge in [0.1, 0.15) is 12.9 Å². The number of nitrogens with two attached hydrogens (primary N) is 1. The van der Waals surface area contributed by atoms with Crippen molar-refractivity contribution in [3.63, 3.8) is 0 Å². The van der Waals surface area contributed by atoms with Gasteiger partial charge in [-0.2, -0.15) is 0 Å². The number of aromatic nitrogens is 3. The van der Waals surface area contributed by atoms with Crippen molar-refractivity contribution in [3.8, 4) is 5.69 Å². The predicted octanol–water partition coefficient (Wildman–Crippen LogP) is 1.22. The number of hydrogen-bond acceptors (Lipinski definition) is 3. The fraction of sp³-hybridized carbons (Fsp3) is 0.357. The van der Waals surface area contributed by atoms with Crippen molar-refractivity contribution < 1.29 is 0 Å². The lowest BCUT2D eigenvalue weighted by atomic mass is 9.93. The van der Waals surface area contributed by atoms with Crippen molar-refractivity contribution in [1.82, 2.24) is 20.1 Å². The third-order valence-electron chi connectivity index (χ3n) is 3.41. The summed E-state index contributed by atoms with van der Waals surface area (Å²) in [5.41, 5.74) is 6.81. The molecule has 1 aromatic carbocycles. The van der Waals surface area contributed by atoms with Crippen molar-refractivity contribution in [2.75, 3.05) is 0 Å². The Labute approximate surface area is 117 Å². The van der Waals surface area contributed by atoms with Gasteiger partial charge in [0.25, 0.3) is 0 Å². The van der Waals surface area contributed by atoms with Crippen LogP contribution in [0.4, 0.5) is 0 Å². The van der Waals surface area contributed by atoms with Crippen LogP contribution in [-0.2, 0) is 6.54 Å². The first-order valence-corrected chi connectivity index (χ1v) is 6.84.